The average Bonchev–Trinajstić information content (AvgIpc) is 2.67. The van der Waals surface area contributed by atoms with Gasteiger partial charge in [-0.2, -0.15) is 0 Å². The molecule has 0 aromatic carbocycles. The van der Waals surface area contributed by atoms with E-state index in [2.05, 4.69) is 13.5 Å². The first-order chi connectivity index (χ1) is 5.74. The smallest absolute Gasteiger partial charge is 0.0546 e. The van der Waals surface area contributed by atoms with E-state index in [0.717, 1.165) is 19.3 Å². The molecule has 1 nitrogen and oxygen atoms in total. The summed E-state index contributed by atoms with van der Waals surface area (Å²) in [5.74, 6) is 0.654. The highest BCUT2D eigenvalue weighted by molar-refractivity contribution is 5.18. The number of hydrogen-bond acceptors (Lipinski definition) is 1. The molecule has 0 unspecified atom stereocenters. The van der Waals surface area contributed by atoms with Gasteiger partial charge in [-0.3, -0.25) is 0 Å². The van der Waals surface area contributed by atoms with Crippen LogP contribution in [0.15, 0.2) is 12.2 Å². The third kappa shape index (κ3) is 3.40. The Labute approximate surface area is 75.5 Å². The van der Waals surface area contributed by atoms with Crippen molar-refractivity contribution in [3.8, 4) is 0 Å². The molecule has 1 N–H and O–H groups in total. The molecule has 1 saturated carbocycles. The van der Waals surface area contributed by atoms with E-state index in [1.165, 1.54) is 24.8 Å². The van der Waals surface area contributed by atoms with Crippen molar-refractivity contribution in [1.29, 1.82) is 0 Å². The van der Waals surface area contributed by atoms with Gasteiger partial charge in [-0.05, 0) is 25.2 Å². The summed E-state index contributed by atoms with van der Waals surface area (Å²) in [6.45, 7) is 6.08. The third-order valence-corrected chi connectivity index (χ3v) is 2.62. The van der Waals surface area contributed by atoms with Crippen LogP contribution in [0.2, 0.25) is 0 Å². The maximum absolute atomic E-state index is 9.56. The second-order valence-electron chi connectivity index (χ2n) is 3.94. The van der Waals surface area contributed by atoms with E-state index < -0.39 is 0 Å². The lowest BCUT2D eigenvalue weighted by atomic mass is 10.1. The maximum atomic E-state index is 9.56. The lowest BCUT2D eigenvalue weighted by Gasteiger charge is -2.08. The molecule has 0 aliphatic heterocycles. The molecule has 0 spiro atoms. The van der Waals surface area contributed by atoms with Crippen LogP contribution >= 0.6 is 0 Å². The Kier molecular flexibility index (Phi) is 3.80. The second-order valence-corrected chi connectivity index (χ2v) is 3.94. The molecular weight excluding hydrogens is 148 g/mol. The first-order valence-corrected chi connectivity index (χ1v) is 5.09. The van der Waals surface area contributed by atoms with Crippen molar-refractivity contribution in [2.45, 2.75) is 51.6 Å². The van der Waals surface area contributed by atoms with Crippen LogP contribution in [0.25, 0.3) is 0 Å². The van der Waals surface area contributed by atoms with Gasteiger partial charge in [-0.15, -0.1) is 0 Å². The van der Waals surface area contributed by atoms with Gasteiger partial charge >= 0.3 is 0 Å². The van der Waals surface area contributed by atoms with Gasteiger partial charge < -0.3 is 5.11 Å². The number of rotatable bonds is 6. The van der Waals surface area contributed by atoms with Gasteiger partial charge in [0.2, 0.25) is 0 Å². The zero-order valence-electron chi connectivity index (χ0n) is 8.05. The summed E-state index contributed by atoms with van der Waals surface area (Å²) in [6, 6.07) is 0. The Balaban J connectivity index is 1.96. The third-order valence-electron chi connectivity index (χ3n) is 2.62. The summed E-state index contributed by atoms with van der Waals surface area (Å²) < 4.78 is 0. The highest BCUT2D eigenvalue weighted by atomic mass is 16.3. The topological polar surface area (TPSA) is 20.2 Å². The van der Waals surface area contributed by atoms with Crippen LogP contribution in [-0.4, -0.2) is 11.2 Å². The predicted molar refractivity (Wildman–Crippen MR) is 52.0 cm³/mol. The molecule has 0 heterocycles. The maximum Gasteiger partial charge on any atom is 0.0546 e. The standard InChI is InChI=1S/C11H20O/c1-3-4-5-6-11(12)8-10-7-9(10)2/h10-12H,2-8H2,1H3/t10-,11+/m1/s1. The van der Waals surface area contributed by atoms with Crippen LogP contribution in [0.3, 0.4) is 0 Å². The summed E-state index contributed by atoms with van der Waals surface area (Å²) in [5.41, 5.74) is 1.34. The molecule has 1 aliphatic rings. The SMILES string of the molecule is C=C1C[C@@H]1C[C@@H](O)CCCCC. The van der Waals surface area contributed by atoms with E-state index in [9.17, 15) is 5.11 Å². The van der Waals surface area contributed by atoms with E-state index in [0.29, 0.717) is 5.92 Å². The van der Waals surface area contributed by atoms with Crippen molar-refractivity contribution in [1.82, 2.24) is 0 Å². The summed E-state index contributed by atoms with van der Waals surface area (Å²) in [6.07, 6.45) is 6.70. The van der Waals surface area contributed by atoms with Crippen LogP contribution < -0.4 is 0 Å². The summed E-state index contributed by atoms with van der Waals surface area (Å²) >= 11 is 0. The number of unbranched alkanes of at least 4 members (excludes halogenated alkanes) is 2. The Morgan fingerprint density at radius 2 is 2.25 bits per heavy atom. The zero-order chi connectivity index (χ0) is 8.97. The Hall–Kier alpha value is -0.300. The zero-order valence-corrected chi connectivity index (χ0v) is 8.05. The van der Waals surface area contributed by atoms with Crippen LogP contribution in [0, 0.1) is 5.92 Å². The molecule has 1 fully saturated rings. The van der Waals surface area contributed by atoms with Crippen molar-refractivity contribution in [2.75, 3.05) is 0 Å². The minimum Gasteiger partial charge on any atom is -0.393 e. The lowest BCUT2D eigenvalue weighted by Crippen LogP contribution is -2.06. The molecule has 0 aromatic heterocycles. The first kappa shape index (κ1) is 9.79. The largest absolute Gasteiger partial charge is 0.393 e. The highest BCUT2D eigenvalue weighted by Gasteiger charge is 2.28. The molecule has 70 valence electrons. The number of aliphatic hydroxyl groups is 1. The fraction of sp³-hybridized carbons (Fsp3) is 0.818. The quantitative estimate of drug-likeness (QED) is 0.477. The molecule has 0 bridgehead atoms. The molecule has 2 atom stereocenters. The monoisotopic (exact) mass is 168 g/mol. The molecule has 1 rings (SSSR count). The molecule has 1 heteroatoms. The van der Waals surface area contributed by atoms with Gasteiger partial charge in [0.15, 0.2) is 0 Å². The van der Waals surface area contributed by atoms with Crippen molar-refractivity contribution in [3.63, 3.8) is 0 Å². The van der Waals surface area contributed by atoms with Crippen LogP contribution in [-0.2, 0) is 0 Å². The van der Waals surface area contributed by atoms with Crippen LogP contribution in [0.1, 0.15) is 45.4 Å². The van der Waals surface area contributed by atoms with E-state index in [-0.39, 0.29) is 6.10 Å². The highest BCUT2D eigenvalue weighted by Crippen LogP contribution is 2.39. The van der Waals surface area contributed by atoms with Gasteiger partial charge in [0.05, 0.1) is 6.10 Å². The fourth-order valence-corrected chi connectivity index (χ4v) is 1.58. The minimum atomic E-state index is -0.0687. The van der Waals surface area contributed by atoms with Crippen molar-refractivity contribution < 1.29 is 5.11 Å². The molecule has 1 aliphatic carbocycles. The summed E-state index contributed by atoms with van der Waals surface area (Å²) in [4.78, 5) is 0. The van der Waals surface area contributed by atoms with E-state index >= 15 is 0 Å². The van der Waals surface area contributed by atoms with E-state index in [1.54, 1.807) is 0 Å². The second kappa shape index (κ2) is 4.66. The number of aliphatic hydroxyl groups excluding tert-OH is 1. The molecule has 0 radical (unpaired) electrons. The van der Waals surface area contributed by atoms with Crippen molar-refractivity contribution >= 4 is 0 Å². The Morgan fingerprint density at radius 1 is 1.58 bits per heavy atom. The first-order valence-electron chi connectivity index (χ1n) is 5.09. The van der Waals surface area contributed by atoms with Gasteiger partial charge in [0.1, 0.15) is 0 Å². The van der Waals surface area contributed by atoms with Crippen molar-refractivity contribution in [3.05, 3.63) is 12.2 Å². The molecule has 0 amide bonds. The van der Waals surface area contributed by atoms with Gasteiger partial charge in [-0.25, -0.2) is 0 Å². The van der Waals surface area contributed by atoms with Crippen LogP contribution in [0.4, 0.5) is 0 Å². The predicted octanol–water partition coefficient (Wildman–Crippen LogP) is 2.89. The summed E-state index contributed by atoms with van der Waals surface area (Å²) in [7, 11) is 0. The van der Waals surface area contributed by atoms with E-state index in [1.807, 2.05) is 0 Å². The van der Waals surface area contributed by atoms with Gasteiger partial charge in [0, 0.05) is 0 Å². The number of allylic oxidation sites excluding steroid dienone is 1. The normalized spacial score (nSPS) is 24.2. The molecule has 12 heavy (non-hydrogen) atoms. The Bertz CT molecular complexity index is 151. The Morgan fingerprint density at radius 3 is 2.75 bits per heavy atom. The van der Waals surface area contributed by atoms with Gasteiger partial charge in [0.25, 0.3) is 0 Å². The van der Waals surface area contributed by atoms with Crippen LogP contribution in [0.5, 0.6) is 0 Å². The summed E-state index contributed by atoms with van der Waals surface area (Å²) in [5, 5.41) is 9.56. The minimum absolute atomic E-state index is 0.0687. The molecule has 0 saturated heterocycles. The molecular formula is C11H20O. The van der Waals surface area contributed by atoms with E-state index in [4.69, 9.17) is 0 Å². The fourth-order valence-electron chi connectivity index (χ4n) is 1.58. The van der Waals surface area contributed by atoms with Gasteiger partial charge in [-0.1, -0.05) is 38.3 Å². The van der Waals surface area contributed by atoms with Crippen molar-refractivity contribution in [2.24, 2.45) is 5.92 Å². The molecule has 0 aromatic rings. The lowest BCUT2D eigenvalue weighted by molar-refractivity contribution is 0.146. The average molecular weight is 168 g/mol. The number of hydrogen-bond donors (Lipinski definition) is 1.